The van der Waals surface area contributed by atoms with E-state index in [1.54, 1.807) is 4.90 Å². The van der Waals surface area contributed by atoms with Gasteiger partial charge in [-0.3, -0.25) is 4.79 Å². The molecule has 0 bridgehead atoms. The van der Waals surface area contributed by atoms with Crippen molar-refractivity contribution in [3.63, 3.8) is 0 Å². The maximum absolute atomic E-state index is 12.3. The molecule has 3 rings (SSSR count). The number of ether oxygens (including phenoxy) is 1. The zero-order chi connectivity index (χ0) is 18.5. The third kappa shape index (κ3) is 4.02. The lowest BCUT2D eigenvalue weighted by Gasteiger charge is -2.29. The van der Waals surface area contributed by atoms with E-state index in [0.717, 1.165) is 21.8 Å². The monoisotopic (exact) mass is 372 g/mol. The van der Waals surface area contributed by atoms with Gasteiger partial charge in [0.1, 0.15) is 5.84 Å². The summed E-state index contributed by atoms with van der Waals surface area (Å²) in [5.74, 6) is 0.518. The fourth-order valence-corrected chi connectivity index (χ4v) is 3.45. The van der Waals surface area contributed by atoms with Gasteiger partial charge in [0.25, 0.3) is 0 Å². The van der Waals surface area contributed by atoms with Crippen LogP contribution in [0.2, 0.25) is 0 Å². The van der Waals surface area contributed by atoms with Gasteiger partial charge in [-0.15, -0.1) is 11.3 Å². The number of nitrogens with two attached hydrogens (primary N) is 1. The Balaban J connectivity index is 1.77. The molecule has 3 N–H and O–H groups in total. The highest BCUT2D eigenvalue weighted by atomic mass is 32.1. The Kier molecular flexibility index (Phi) is 5.52. The molecular weight excluding hydrogens is 352 g/mol. The van der Waals surface area contributed by atoms with Crippen LogP contribution in [0.15, 0.2) is 40.7 Å². The van der Waals surface area contributed by atoms with Crippen LogP contribution < -0.4 is 16.0 Å². The molecule has 0 radical (unpaired) electrons. The summed E-state index contributed by atoms with van der Waals surface area (Å²) in [5, 5.41) is 4.55. The molecule has 8 heteroatoms. The number of hydrogen-bond acceptors (Lipinski definition) is 5. The Morgan fingerprint density at radius 1 is 1.38 bits per heavy atom. The number of aryl methyl sites for hydroxylation is 1. The van der Waals surface area contributed by atoms with E-state index in [-0.39, 0.29) is 5.91 Å². The van der Waals surface area contributed by atoms with E-state index in [0.29, 0.717) is 31.8 Å². The van der Waals surface area contributed by atoms with Crippen molar-refractivity contribution in [3.05, 3.63) is 46.2 Å². The fourth-order valence-electron chi connectivity index (χ4n) is 2.82. The molecular formula is C18H20N4O3S. The first kappa shape index (κ1) is 17.9. The Bertz CT molecular complexity index is 833. The predicted molar refractivity (Wildman–Crippen MR) is 102 cm³/mol. The largest absolute Gasteiger partial charge is 0.453 e. The van der Waals surface area contributed by atoms with Gasteiger partial charge < -0.3 is 20.7 Å². The Morgan fingerprint density at radius 2 is 2.23 bits per heavy atom. The minimum atomic E-state index is -0.511. The Hall–Kier alpha value is -2.87. The highest BCUT2D eigenvalue weighted by Gasteiger charge is 2.24. The number of anilines is 1. The molecule has 0 spiro atoms. The fraction of sp³-hybridized carbons (Fsp3) is 0.278. The van der Waals surface area contributed by atoms with Crippen molar-refractivity contribution in [3.8, 4) is 0 Å². The lowest BCUT2D eigenvalue weighted by Crippen LogP contribution is -2.41. The number of amides is 2. The number of thiophene rings is 1. The normalized spacial score (nSPS) is 14.1. The van der Waals surface area contributed by atoms with Crippen LogP contribution in [0.25, 0.3) is 0 Å². The Labute approximate surface area is 155 Å². The second-order valence-corrected chi connectivity index (χ2v) is 6.70. The SMILES string of the molecule is COC(=O)NCCN1C(=O)CCc2cc(N=C(N)c3cccs3)ccc21. The number of carbonyl (C=O) groups excluding carboxylic acids is 2. The topological polar surface area (TPSA) is 97.0 Å². The molecule has 2 aromatic rings. The summed E-state index contributed by atoms with van der Waals surface area (Å²) in [6, 6.07) is 9.55. The van der Waals surface area contributed by atoms with Gasteiger partial charge in [0, 0.05) is 25.2 Å². The number of rotatable bonds is 5. The number of alkyl carbamates (subject to hydrolysis) is 1. The van der Waals surface area contributed by atoms with Crippen LogP contribution in [-0.4, -0.2) is 38.0 Å². The van der Waals surface area contributed by atoms with Crippen LogP contribution in [0.4, 0.5) is 16.2 Å². The molecule has 1 aromatic heterocycles. The molecule has 1 aliphatic rings. The molecule has 0 saturated carbocycles. The van der Waals surface area contributed by atoms with Gasteiger partial charge in [0.05, 0.1) is 17.7 Å². The molecule has 26 heavy (non-hydrogen) atoms. The average molecular weight is 372 g/mol. The number of amidine groups is 1. The zero-order valence-electron chi connectivity index (χ0n) is 14.4. The van der Waals surface area contributed by atoms with Crippen molar-refractivity contribution >= 4 is 40.5 Å². The molecule has 136 valence electrons. The van der Waals surface area contributed by atoms with Crippen molar-refractivity contribution in [2.24, 2.45) is 10.7 Å². The quantitative estimate of drug-likeness (QED) is 0.622. The molecule has 0 saturated heterocycles. The van der Waals surface area contributed by atoms with E-state index in [1.807, 2.05) is 35.7 Å². The first-order valence-corrected chi connectivity index (χ1v) is 9.09. The molecule has 0 aliphatic carbocycles. The van der Waals surface area contributed by atoms with Crippen molar-refractivity contribution in [2.75, 3.05) is 25.1 Å². The van der Waals surface area contributed by atoms with Crippen LogP contribution >= 0.6 is 11.3 Å². The number of hydrogen-bond donors (Lipinski definition) is 2. The molecule has 1 aromatic carbocycles. The number of fused-ring (bicyclic) bond motifs is 1. The van der Waals surface area contributed by atoms with Gasteiger partial charge in [-0.05, 0) is 41.6 Å². The molecule has 7 nitrogen and oxygen atoms in total. The van der Waals surface area contributed by atoms with Gasteiger partial charge in [-0.2, -0.15) is 0 Å². The van der Waals surface area contributed by atoms with Gasteiger partial charge in [-0.1, -0.05) is 6.07 Å². The highest BCUT2D eigenvalue weighted by molar-refractivity contribution is 7.12. The van der Waals surface area contributed by atoms with Crippen molar-refractivity contribution in [1.82, 2.24) is 5.32 Å². The second-order valence-electron chi connectivity index (χ2n) is 5.75. The lowest BCUT2D eigenvalue weighted by atomic mass is 10.0. The predicted octanol–water partition coefficient (Wildman–Crippen LogP) is 2.42. The average Bonchev–Trinajstić information content (AvgIpc) is 3.18. The second kappa shape index (κ2) is 8.01. The maximum Gasteiger partial charge on any atom is 0.406 e. The molecule has 0 fully saturated rings. The van der Waals surface area contributed by atoms with Crippen LogP contribution in [0, 0.1) is 0 Å². The van der Waals surface area contributed by atoms with Gasteiger partial charge in [0.15, 0.2) is 0 Å². The van der Waals surface area contributed by atoms with E-state index in [4.69, 9.17) is 5.73 Å². The molecule has 2 heterocycles. The first-order valence-electron chi connectivity index (χ1n) is 8.21. The highest BCUT2D eigenvalue weighted by Crippen LogP contribution is 2.31. The molecule has 0 atom stereocenters. The van der Waals surface area contributed by atoms with E-state index < -0.39 is 6.09 Å². The zero-order valence-corrected chi connectivity index (χ0v) is 15.2. The maximum atomic E-state index is 12.3. The minimum absolute atomic E-state index is 0.0403. The smallest absolute Gasteiger partial charge is 0.406 e. The third-order valence-corrected chi connectivity index (χ3v) is 4.97. The van der Waals surface area contributed by atoms with Gasteiger partial charge >= 0.3 is 6.09 Å². The minimum Gasteiger partial charge on any atom is -0.453 e. The molecule has 2 amide bonds. The van der Waals surface area contributed by atoms with Crippen LogP contribution in [-0.2, 0) is 16.0 Å². The third-order valence-electron chi connectivity index (χ3n) is 4.08. The number of carbonyl (C=O) groups is 2. The van der Waals surface area contributed by atoms with Crippen molar-refractivity contribution in [1.29, 1.82) is 0 Å². The first-order chi connectivity index (χ1) is 12.6. The number of nitrogens with zero attached hydrogens (tertiary/aromatic N) is 2. The van der Waals surface area contributed by atoms with Crippen molar-refractivity contribution in [2.45, 2.75) is 12.8 Å². The van der Waals surface area contributed by atoms with Crippen LogP contribution in [0.5, 0.6) is 0 Å². The van der Waals surface area contributed by atoms with Crippen molar-refractivity contribution < 1.29 is 14.3 Å². The number of benzene rings is 1. The summed E-state index contributed by atoms with van der Waals surface area (Å²) < 4.78 is 4.54. The van der Waals surface area contributed by atoms with E-state index in [9.17, 15) is 9.59 Å². The van der Waals surface area contributed by atoms with Crippen LogP contribution in [0.3, 0.4) is 0 Å². The molecule has 1 aliphatic heterocycles. The van der Waals surface area contributed by atoms with Gasteiger partial charge in [-0.25, -0.2) is 9.79 Å². The standard InChI is InChI=1S/C18H20N4O3S/c1-25-18(24)20-8-9-22-14-6-5-13(11-12(14)4-7-16(22)23)21-17(19)15-3-2-10-26-15/h2-3,5-6,10-11H,4,7-9H2,1H3,(H2,19,21)(H,20,24). The Morgan fingerprint density at radius 3 is 2.96 bits per heavy atom. The van der Waals surface area contributed by atoms with E-state index in [1.165, 1.54) is 18.4 Å². The molecule has 0 unspecified atom stereocenters. The summed E-state index contributed by atoms with van der Waals surface area (Å²) in [6.07, 6.45) is 0.583. The summed E-state index contributed by atoms with van der Waals surface area (Å²) in [5.41, 5.74) is 8.70. The van der Waals surface area contributed by atoms with E-state index >= 15 is 0 Å². The summed E-state index contributed by atoms with van der Waals surface area (Å²) >= 11 is 1.54. The van der Waals surface area contributed by atoms with Gasteiger partial charge in [0.2, 0.25) is 5.91 Å². The number of methoxy groups -OCH3 is 1. The summed E-state index contributed by atoms with van der Waals surface area (Å²) in [4.78, 5) is 30.5. The summed E-state index contributed by atoms with van der Waals surface area (Å²) in [7, 11) is 1.31. The summed E-state index contributed by atoms with van der Waals surface area (Å²) in [6.45, 7) is 0.712. The number of nitrogens with one attached hydrogen (secondary N) is 1. The number of aliphatic imine (C=N–C) groups is 1. The van der Waals surface area contributed by atoms with E-state index in [2.05, 4.69) is 15.0 Å². The van der Waals surface area contributed by atoms with Crippen LogP contribution in [0.1, 0.15) is 16.9 Å². The lowest BCUT2D eigenvalue weighted by molar-refractivity contribution is -0.118.